The molecule has 5 nitrogen and oxygen atoms in total. The third kappa shape index (κ3) is 4.30. The first-order valence-electron chi connectivity index (χ1n) is 5.60. The topological polar surface area (TPSA) is 64.4 Å². The molecule has 0 aliphatic rings. The Bertz CT molecular complexity index is 391. The summed E-state index contributed by atoms with van der Waals surface area (Å²) in [5.74, 6) is 1.09. The lowest BCUT2D eigenvalue weighted by Gasteiger charge is -2.09. The van der Waals surface area contributed by atoms with E-state index < -0.39 is 4.92 Å². The molecular weight excluding hydrogens is 220 g/mol. The monoisotopic (exact) mass is 238 g/mol. The minimum atomic E-state index is -0.420. The van der Waals surface area contributed by atoms with E-state index in [0.717, 1.165) is 18.7 Å². The zero-order chi connectivity index (χ0) is 12.8. The van der Waals surface area contributed by atoms with Crippen molar-refractivity contribution >= 4 is 11.4 Å². The average molecular weight is 238 g/mol. The molecule has 0 bridgehead atoms. The molecule has 0 fully saturated rings. The highest BCUT2D eigenvalue weighted by Gasteiger charge is 2.09. The van der Waals surface area contributed by atoms with Gasteiger partial charge in [0.1, 0.15) is 5.75 Å². The van der Waals surface area contributed by atoms with E-state index in [1.54, 1.807) is 6.07 Å². The maximum absolute atomic E-state index is 10.7. The Morgan fingerprint density at radius 1 is 1.41 bits per heavy atom. The molecule has 5 heteroatoms. The standard InChI is InChI=1S/C12H18N2O3/c1-9(2)4-5-13-10-6-11(14(15)16)8-12(7-10)17-3/h6-9,13H,4-5H2,1-3H3. The fourth-order valence-electron chi connectivity index (χ4n) is 1.41. The first-order valence-corrected chi connectivity index (χ1v) is 5.60. The second-order valence-electron chi connectivity index (χ2n) is 4.29. The number of hydrogen-bond acceptors (Lipinski definition) is 4. The molecule has 17 heavy (non-hydrogen) atoms. The van der Waals surface area contributed by atoms with E-state index in [9.17, 15) is 10.1 Å². The van der Waals surface area contributed by atoms with E-state index in [2.05, 4.69) is 19.2 Å². The second-order valence-corrected chi connectivity index (χ2v) is 4.29. The molecule has 1 aromatic rings. The van der Waals surface area contributed by atoms with Crippen LogP contribution in [0.1, 0.15) is 20.3 Å². The van der Waals surface area contributed by atoms with Gasteiger partial charge < -0.3 is 10.1 Å². The minimum absolute atomic E-state index is 0.0383. The van der Waals surface area contributed by atoms with E-state index in [1.807, 2.05) is 0 Å². The summed E-state index contributed by atoms with van der Waals surface area (Å²) in [6.07, 6.45) is 1.02. The van der Waals surface area contributed by atoms with Gasteiger partial charge in [-0.05, 0) is 12.3 Å². The van der Waals surface area contributed by atoms with Crippen molar-refractivity contribution in [2.24, 2.45) is 5.92 Å². The van der Waals surface area contributed by atoms with Crippen LogP contribution >= 0.6 is 0 Å². The van der Waals surface area contributed by atoms with Crippen molar-refractivity contribution in [3.05, 3.63) is 28.3 Å². The van der Waals surface area contributed by atoms with Gasteiger partial charge in [-0.2, -0.15) is 0 Å². The number of anilines is 1. The minimum Gasteiger partial charge on any atom is -0.496 e. The SMILES string of the molecule is COc1cc(NCCC(C)C)cc([N+](=O)[O-])c1. The lowest BCUT2D eigenvalue weighted by molar-refractivity contribution is -0.384. The lowest BCUT2D eigenvalue weighted by Crippen LogP contribution is -2.05. The molecule has 1 N–H and O–H groups in total. The maximum atomic E-state index is 10.7. The average Bonchev–Trinajstić information content (AvgIpc) is 2.28. The van der Waals surface area contributed by atoms with Gasteiger partial charge in [-0.3, -0.25) is 10.1 Å². The van der Waals surface area contributed by atoms with Gasteiger partial charge in [0.05, 0.1) is 18.1 Å². The lowest BCUT2D eigenvalue weighted by atomic mass is 10.1. The van der Waals surface area contributed by atoms with Crippen LogP contribution in [-0.4, -0.2) is 18.6 Å². The number of nitrogens with zero attached hydrogens (tertiary/aromatic N) is 1. The molecule has 0 aliphatic heterocycles. The van der Waals surface area contributed by atoms with Crippen molar-refractivity contribution in [2.75, 3.05) is 19.0 Å². The molecule has 0 saturated carbocycles. The molecule has 0 spiro atoms. The van der Waals surface area contributed by atoms with Crippen LogP contribution in [0.5, 0.6) is 5.75 Å². The van der Waals surface area contributed by atoms with Crippen LogP contribution in [0.2, 0.25) is 0 Å². The van der Waals surface area contributed by atoms with Crippen molar-refractivity contribution < 1.29 is 9.66 Å². The Morgan fingerprint density at radius 3 is 2.65 bits per heavy atom. The summed E-state index contributed by atoms with van der Waals surface area (Å²) in [5, 5.41) is 13.9. The van der Waals surface area contributed by atoms with Gasteiger partial charge >= 0.3 is 0 Å². The highest BCUT2D eigenvalue weighted by Crippen LogP contribution is 2.25. The van der Waals surface area contributed by atoms with Gasteiger partial charge in [0, 0.05) is 24.4 Å². The summed E-state index contributed by atoms with van der Waals surface area (Å²) >= 11 is 0. The van der Waals surface area contributed by atoms with E-state index in [-0.39, 0.29) is 5.69 Å². The summed E-state index contributed by atoms with van der Waals surface area (Å²) in [6.45, 7) is 5.06. The van der Waals surface area contributed by atoms with E-state index in [1.165, 1.54) is 19.2 Å². The molecule has 0 radical (unpaired) electrons. The smallest absolute Gasteiger partial charge is 0.275 e. The number of benzene rings is 1. The normalized spacial score (nSPS) is 10.4. The van der Waals surface area contributed by atoms with Gasteiger partial charge in [0.15, 0.2) is 0 Å². The molecule has 0 heterocycles. The number of ether oxygens (including phenoxy) is 1. The van der Waals surface area contributed by atoms with Gasteiger partial charge in [-0.1, -0.05) is 13.8 Å². The largest absolute Gasteiger partial charge is 0.496 e. The number of nitro groups is 1. The number of methoxy groups -OCH3 is 1. The highest BCUT2D eigenvalue weighted by atomic mass is 16.6. The van der Waals surface area contributed by atoms with Crippen LogP contribution in [0, 0.1) is 16.0 Å². The number of rotatable bonds is 6. The number of nitrogens with one attached hydrogen (secondary N) is 1. The van der Waals surface area contributed by atoms with Crippen LogP contribution in [0.4, 0.5) is 11.4 Å². The molecule has 0 saturated heterocycles. The van der Waals surface area contributed by atoms with Crippen LogP contribution in [0.3, 0.4) is 0 Å². The third-order valence-electron chi connectivity index (χ3n) is 2.39. The second kappa shape index (κ2) is 6.08. The Hall–Kier alpha value is -1.78. The summed E-state index contributed by atoms with van der Waals surface area (Å²) in [4.78, 5) is 10.3. The molecule has 1 aromatic carbocycles. The van der Waals surface area contributed by atoms with Gasteiger partial charge in [-0.15, -0.1) is 0 Å². The quantitative estimate of drug-likeness (QED) is 0.611. The van der Waals surface area contributed by atoms with Crippen LogP contribution in [-0.2, 0) is 0 Å². The number of non-ortho nitro benzene ring substituents is 1. The van der Waals surface area contributed by atoms with Crippen molar-refractivity contribution in [3.63, 3.8) is 0 Å². The molecular formula is C12H18N2O3. The molecule has 0 amide bonds. The number of nitro benzene ring substituents is 1. The summed E-state index contributed by atoms with van der Waals surface area (Å²) < 4.78 is 5.03. The summed E-state index contributed by atoms with van der Waals surface area (Å²) in [7, 11) is 1.50. The molecule has 94 valence electrons. The van der Waals surface area contributed by atoms with Crippen molar-refractivity contribution in [1.82, 2.24) is 0 Å². The van der Waals surface area contributed by atoms with E-state index in [0.29, 0.717) is 11.7 Å². The zero-order valence-electron chi connectivity index (χ0n) is 10.4. The van der Waals surface area contributed by atoms with E-state index >= 15 is 0 Å². The fourth-order valence-corrected chi connectivity index (χ4v) is 1.41. The predicted molar refractivity (Wildman–Crippen MR) is 67.6 cm³/mol. The number of hydrogen-bond donors (Lipinski definition) is 1. The Balaban J connectivity index is 2.76. The van der Waals surface area contributed by atoms with Crippen molar-refractivity contribution in [1.29, 1.82) is 0 Å². The third-order valence-corrected chi connectivity index (χ3v) is 2.39. The Kier molecular flexibility index (Phi) is 4.75. The molecule has 0 atom stereocenters. The van der Waals surface area contributed by atoms with Crippen LogP contribution in [0.25, 0.3) is 0 Å². The first kappa shape index (κ1) is 13.3. The first-order chi connectivity index (χ1) is 8.02. The molecule has 0 unspecified atom stereocenters. The Morgan fingerprint density at radius 2 is 2.12 bits per heavy atom. The molecule has 0 aromatic heterocycles. The predicted octanol–water partition coefficient (Wildman–Crippen LogP) is 3.06. The van der Waals surface area contributed by atoms with Gasteiger partial charge in [-0.25, -0.2) is 0 Å². The Labute approximate surface area is 101 Å². The van der Waals surface area contributed by atoms with Gasteiger partial charge in [0.2, 0.25) is 0 Å². The molecule has 0 aliphatic carbocycles. The van der Waals surface area contributed by atoms with Crippen molar-refractivity contribution in [3.8, 4) is 5.75 Å². The van der Waals surface area contributed by atoms with E-state index in [4.69, 9.17) is 4.74 Å². The summed E-state index contributed by atoms with van der Waals surface area (Å²) in [6, 6.07) is 4.68. The van der Waals surface area contributed by atoms with Crippen molar-refractivity contribution in [2.45, 2.75) is 20.3 Å². The van der Waals surface area contributed by atoms with Gasteiger partial charge in [0.25, 0.3) is 5.69 Å². The maximum Gasteiger partial charge on any atom is 0.275 e. The molecule has 1 rings (SSSR count). The summed E-state index contributed by atoms with van der Waals surface area (Å²) in [5.41, 5.74) is 0.757. The highest BCUT2D eigenvalue weighted by molar-refractivity contribution is 5.56. The zero-order valence-corrected chi connectivity index (χ0v) is 10.4. The van der Waals surface area contributed by atoms with Crippen LogP contribution < -0.4 is 10.1 Å². The van der Waals surface area contributed by atoms with Crippen LogP contribution in [0.15, 0.2) is 18.2 Å². The fraction of sp³-hybridized carbons (Fsp3) is 0.500.